The van der Waals surface area contributed by atoms with Gasteiger partial charge in [0.25, 0.3) is 0 Å². The van der Waals surface area contributed by atoms with Crippen LogP contribution in [0, 0.1) is 0 Å². The SMILES string of the molecule is NCc1ccc2c(c1)ncn2C[C@@H]1CCCO1. The maximum absolute atomic E-state index is 5.65. The number of imidazole rings is 1. The monoisotopic (exact) mass is 231 g/mol. The van der Waals surface area contributed by atoms with Crippen molar-refractivity contribution in [3.8, 4) is 0 Å². The lowest BCUT2D eigenvalue weighted by Gasteiger charge is -2.10. The Balaban J connectivity index is 1.89. The van der Waals surface area contributed by atoms with E-state index in [1.807, 2.05) is 6.33 Å². The fourth-order valence-corrected chi connectivity index (χ4v) is 2.39. The number of fused-ring (bicyclic) bond motifs is 1. The summed E-state index contributed by atoms with van der Waals surface area (Å²) in [6, 6.07) is 6.22. The summed E-state index contributed by atoms with van der Waals surface area (Å²) in [5.74, 6) is 0. The van der Waals surface area contributed by atoms with Crippen LogP contribution in [0.5, 0.6) is 0 Å². The van der Waals surface area contributed by atoms with Gasteiger partial charge < -0.3 is 15.0 Å². The van der Waals surface area contributed by atoms with Crippen molar-refractivity contribution in [3.63, 3.8) is 0 Å². The number of nitrogens with two attached hydrogens (primary N) is 1. The van der Waals surface area contributed by atoms with Crippen molar-refractivity contribution in [2.24, 2.45) is 5.73 Å². The van der Waals surface area contributed by atoms with Crippen LogP contribution < -0.4 is 5.73 Å². The second-order valence-corrected chi connectivity index (χ2v) is 4.56. The van der Waals surface area contributed by atoms with Crippen LogP contribution in [0.25, 0.3) is 11.0 Å². The minimum atomic E-state index is 0.349. The molecule has 2 aromatic rings. The molecule has 1 aliphatic rings. The molecule has 17 heavy (non-hydrogen) atoms. The van der Waals surface area contributed by atoms with Crippen molar-refractivity contribution in [2.45, 2.75) is 32.0 Å². The molecule has 1 saturated heterocycles. The molecule has 2 N–H and O–H groups in total. The fraction of sp³-hybridized carbons (Fsp3) is 0.462. The first-order chi connectivity index (χ1) is 8.36. The topological polar surface area (TPSA) is 53.1 Å². The minimum absolute atomic E-state index is 0.349. The number of nitrogens with zero attached hydrogens (tertiary/aromatic N) is 2. The first-order valence-corrected chi connectivity index (χ1v) is 6.12. The normalized spacial score (nSPS) is 20.2. The average Bonchev–Trinajstić information content (AvgIpc) is 2.99. The van der Waals surface area contributed by atoms with Crippen LogP contribution in [0.15, 0.2) is 24.5 Å². The predicted octanol–water partition coefficient (Wildman–Crippen LogP) is 1.67. The third-order valence-electron chi connectivity index (χ3n) is 3.35. The highest BCUT2D eigenvalue weighted by Crippen LogP contribution is 2.19. The molecule has 1 fully saturated rings. The van der Waals surface area contributed by atoms with E-state index in [9.17, 15) is 0 Å². The Hall–Kier alpha value is -1.39. The average molecular weight is 231 g/mol. The van der Waals surface area contributed by atoms with Gasteiger partial charge in [0.1, 0.15) is 0 Å². The molecule has 3 rings (SSSR count). The summed E-state index contributed by atoms with van der Waals surface area (Å²) in [7, 11) is 0. The van der Waals surface area contributed by atoms with Crippen molar-refractivity contribution < 1.29 is 4.74 Å². The Bertz CT molecular complexity index is 514. The molecule has 1 aromatic heterocycles. The molecular weight excluding hydrogens is 214 g/mol. The van der Waals surface area contributed by atoms with Crippen LogP contribution in [0.4, 0.5) is 0 Å². The van der Waals surface area contributed by atoms with E-state index < -0.39 is 0 Å². The zero-order valence-corrected chi connectivity index (χ0v) is 9.80. The first-order valence-electron chi connectivity index (χ1n) is 6.12. The highest BCUT2D eigenvalue weighted by molar-refractivity contribution is 5.76. The van der Waals surface area contributed by atoms with E-state index in [4.69, 9.17) is 10.5 Å². The maximum Gasteiger partial charge on any atom is 0.0959 e. The van der Waals surface area contributed by atoms with Gasteiger partial charge in [-0.1, -0.05) is 6.07 Å². The Morgan fingerprint density at radius 2 is 2.41 bits per heavy atom. The summed E-state index contributed by atoms with van der Waals surface area (Å²) >= 11 is 0. The molecule has 0 spiro atoms. The molecule has 2 heterocycles. The number of benzene rings is 1. The van der Waals surface area contributed by atoms with Crippen LogP contribution in [0.1, 0.15) is 18.4 Å². The van der Waals surface area contributed by atoms with E-state index in [2.05, 4.69) is 27.8 Å². The van der Waals surface area contributed by atoms with Gasteiger partial charge in [-0.25, -0.2) is 4.98 Å². The minimum Gasteiger partial charge on any atom is -0.376 e. The third kappa shape index (κ3) is 2.06. The molecule has 0 unspecified atom stereocenters. The highest BCUT2D eigenvalue weighted by atomic mass is 16.5. The van der Waals surface area contributed by atoms with Crippen molar-refractivity contribution in [2.75, 3.05) is 6.61 Å². The van der Waals surface area contributed by atoms with Gasteiger partial charge in [-0.05, 0) is 30.5 Å². The second kappa shape index (κ2) is 4.47. The summed E-state index contributed by atoms with van der Waals surface area (Å²) in [6.45, 7) is 2.36. The van der Waals surface area contributed by atoms with Gasteiger partial charge in [0.05, 0.1) is 30.0 Å². The highest BCUT2D eigenvalue weighted by Gasteiger charge is 2.16. The van der Waals surface area contributed by atoms with Crippen LogP contribution >= 0.6 is 0 Å². The van der Waals surface area contributed by atoms with Crippen LogP contribution in [0.3, 0.4) is 0 Å². The van der Waals surface area contributed by atoms with Gasteiger partial charge in [0.15, 0.2) is 0 Å². The van der Waals surface area contributed by atoms with E-state index in [0.29, 0.717) is 12.6 Å². The van der Waals surface area contributed by atoms with Gasteiger partial charge in [0, 0.05) is 13.2 Å². The molecule has 0 radical (unpaired) electrons. The predicted molar refractivity (Wildman–Crippen MR) is 66.6 cm³/mol. The summed E-state index contributed by atoms with van der Waals surface area (Å²) in [5.41, 5.74) is 8.93. The summed E-state index contributed by atoms with van der Waals surface area (Å²) in [6.07, 6.45) is 4.57. The zero-order valence-electron chi connectivity index (χ0n) is 9.80. The number of aromatic nitrogens is 2. The van der Waals surface area contributed by atoms with Gasteiger partial charge in [-0.3, -0.25) is 0 Å². The third-order valence-corrected chi connectivity index (χ3v) is 3.35. The van der Waals surface area contributed by atoms with Crippen molar-refractivity contribution >= 4 is 11.0 Å². The smallest absolute Gasteiger partial charge is 0.0959 e. The Morgan fingerprint density at radius 1 is 1.47 bits per heavy atom. The van der Waals surface area contributed by atoms with Crippen LogP contribution in [-0.2, 0) is 17.8 Å². The van der Waals surface area contributed by atoms with Crippen molar-refractivity contribution in [1.82, 2.24) is 9.55 Å². The lowest BCUT2D eigenvalue weighted by Crippen LogP contribution is -2.14. The fourth-order valence-electron chi connectivity index (χ4n) is 2.39. The van der Waals surface area contributed by atoms with Crippen molar-refractivity contribution in [3.05, 3.63) is 30.1 Å². The standard InChI is InChI=1S/C13H17N3O/c14-7-10-3-4-13-12(6-10)15-9-16(13)8-11-2-1-5-17-11/h3-4,6,9,11H,1-2,5,7-8,14H2/t11-/m0/s1. The Labute approximate surface area is 100 Å². The Morgan fingerprint density at radius 3 is 3.18 bits per heavy atom. The molecule has 4 nitrogen and oxygen atoms in total. The molecule has 0 bridgehead atoms. The second-order valence-electron chi connectivity index (χ2n) is 4.56. The van der Waals surface area contributed by atoms with E-state index in [1.54, 1.807) is 0 Å². The molecule has 0 amide bonds. The molecule has 4 heteroatoms. The Kier molecular flexibility index (Phi) is 2.82. The lowest BCUT2D eigenvalue weighted by atomic mass is 10.2. The van der Waals surface area contributed by atoms with Gasteiger partial charge >= 0.3 is 0 Å². The number of ether oxygens (including phenoxy) is 1. The van der Waals surface area contributed by atoms with E-state index >= 15 is 0 Å². The molecule has 0 saturated carbocycles. The quantitative estimate of drug-likeness (QED) is 0.874. The number of hydrogen-bond donors (Lipinski definition) is 1. The van der Waals surface area contributed by atoms with Crippen LogP contribution in [-0.4, -0.2) is 22.3 Å². The zero-order chi connectivity index (χ0) is 11.7. The summed E-state index contributed by atoms with van der Waals surface area (Å²) in [5, 5.41) is 0. The van der Waals surface area contributed by atoms with Crippen molar-refractivity contribution in [1.29, 1.82) is 0 Å². The lowest BCUT2D eigenvalue weighted by molar-refractivity contribution is 0.0979. The molecule has 90 valence electrons. The molecular formula is C13H17N3O. The van der Waals surface area contributed by atoms with E-state index in [0.717, 1.165) is 36.2 Å². The molecule has 1 atom stereocenters. The molecule has 0 aliphatic carbocycles. The molecule has 1 aliphatic heterocycles. The largest absolute Gasteiger partial charge is 0.376 e. The summed E-state index contributed by atoms with van der Waals surface area (Å²) < 4.78 is 7.82. The summed E-state index contributed by atoms with van der Waals surface area (Å²) in [4.78, 5) is 4.42. The van der Waals surface area contributed by atoms with E-state index in [-0.39, 0.29) is 0 Å². The van der Waals surface area contributed by atoms with Crippen LogP contribution in [0.2, 0.25) is 0 Å². The first kappa shape index (κ1) is 10.7. The van der Waals surface area contributed by atoms with Gasteiger partial charge in [-0.15, -0.1) is 0 Å². The maximum atomic E-state index is 5.65. The number of rotatable bonds is 3. The molecule has 1 aromatic carbocycles. The van der Waals surface area contributed by atoms with E-state index in [1.165, 1.54) is 6.42 Å². The van der Waals surface area contributed by atoms with Gasteiger partial charge in [0.2, 0.25) is 0 Å². The van der Waals surface area contributed by atoms with Gasteiger partial charge in [-0.2, -0.15) is 0 Å². The number of hydrogen-bond acceptors (Lipinski definition) is 3.